The number of pyridine rings is 1. The van der Waals surface area contributed by atoms with Gasteiger partial charge in [0.1, 0.15) is 0 Å². The average Bonchev–Trinajstić information content (AvgIpc) is 3.00. The van der Waals surface area contributed by atoms with Crippen molar-refractivity contribution in [3.63, 3.8) is 0 Å². The fourth-order valence-corrected chi connectivity index (χ4v) is 3.36. The SMILES string of the molecule is CN(C)CCN1C[C@H](C(=O)N(C)Cc2ccc3ncccc3c2)CC1=O. The van der Waals surface area contributed by atoms with Crippen LogP contribution in [0, 0.1) is 5.92 Å². The van der Waals surface area contributed by atoms with E-state index in [1.807, 2.05) is 50.3 Å². The van der Waals surface area contributed by atoms with Gasteiger partial charge in [-0.3, -0.25) is 14.6 Å². The molecule has 26 heavy (non-hydrogen) atoms. The minimum atomic E-state index is -0.239. The number of carbonyl (C=O) groups is 2. The topological polar surface area (TPSA) is 56.8 Å². The number of likely N-dealkylation sites (N-methyl/N-ethyl adjacent to an activating group) is 1. The molecule has 6 nitrogen and oxygen atoms in total. The minimum Gasteiger partial charge on any atom is -0.341 e. The number of amides is 2. The van der Waals surface area contributed by atoms with E-state index in [-0.39, 0.29) is 17.7 Å². The van der Waals surface area contributed by atoms with Gasteiger partial charge in [0.25, 0.3) is 0 Å². The van der Waals surface area contributed by atoms with E-state index >= 15 is 0 Å². The van der Waals surface area contributed by atoms with Gasteiger partial charge in [0.15, 0.2) is 0 Å². The second-order valence-electron chi connectivity index (χ2n) is 7.27. The van der Waals surface area contributed by atoms with E-state index in [1.54, 1.807) is 16.0 Å². The fraction of sp³-hybridized carbons (Fsp3) is 0.450. The molecule has 1 aliphatic heterocycles. The number of carbonyl (C=O) groups excluding carboxylic acids is 2. The van der Waals surface area contributed by atoms with E-state index in [0.717, 1.165) is 23.0 Å². The van der Waals surface area contributed by atoms with Gasteiger partial charge in [0, 0.05) is 51.2 Å². The third-order valence-electron chi connectivity index (χ3n) is 4.84. The van der Waals surface area contributed by atoms with Crippen molar-refractivity contribution in [2.75, 3.05) is 40.8 Å². The zero-order valence-electron chi connectivity index (χ0n) is 15.7. The lowest BCUT2D eigenvalue weighted by atomic mass is 10.1. The number of hydrogen-bond acceptors (Lipinski definition) is 4. The molecule has 1 fully saturated rings. The summed E-state index contributed by atoms with van der Waals surface area (Å²) in [6.45, 7) is 2.55. The van der Waals surface area contributed by atoms with Crippen LogP contribution in [0.1, 0.15) is 12.0 Å². The Morgan fingerprint density at radius 2 is 2.08 bits per heavy atom. The third-order valence-corrected chi connectivity index (χ3v) is 4.84. The van der Waals surface area contributed by atoms with Crippen LogP contribution in [0.15, 0.2) is 36.5 Å². The molecule has 1 aliphatic rings. The summed E-state index contributed by atoms with van der Waals surface area (Å²) >= 11 is 0. The Hall–Kier alpha value is -2.47. The highest BCUT2D eigenvalue weighted by molar-refractivity contribution is 5.89. The van der Waals surface area contributed by atoms with Crippen molar-refractivity contribution in [3.05, 3.63) is 42.1 Å². The van der Waals surface area contributed by atoms with Crippen LogP contribution in [-0.2, 0) is 16.1 Å². The molecule has 0 spiro atoms. The van der Waals surface area contributed by atoms with Gasteiger partial charge in [-0.05, 0) is 37.9 Å². The summed E-state index contributed by atoms with van der Waals surface area (Å²) in [5, 5.41) is 1.07. The van der Waals surface area contributed by atoms with Crippen molar-refractivity contribution >= 4 is 22.7 Å². The van der Waals surface area contributed by atoms with Gasteiger partial charge < -0.3 is 14.7 Å². The number of nitrogens with zero attached hydrogens (tertiary/aromatic N) is 4. The van der Waals surface area contributed by atoms with Crippen molar-refractivity contribution in [2.45, 2.75) is 13.0 Å². The molecule has 0 unspecified atom stereocenters. The zero-order chi connectivity index (χ0) is 18.7. The second kappa shape index (κ2) is 7.83. The molecule has 1 atom stereocenters. The number of aromatic nitrogens is 1. The summed E-state index contributed by atoms with van der Waals surface area (Å²) in [7, 11) is 5.77. The van der Waals surface area contributed by atoms with Gasteiger partial charge >= 0.3 is 0 Å². The maximum absolute atomic E-state index is 12.8. The number of rotatable bonds is 6. The first-order valence-electron chi connectivity index (χ1n) is 8.95. The maximum Gasteiger partial charge on any atom is 0.228 e. The summed E-state index contributed by atoms with van der Waals surface area (Å²) < 4.78 is 0. The quantitative estimate of drug-likeness (QED) is 0.791. The fourth-order valence-electron chi connectivity index (χ4n) is 3.36. The van der Waals surface area contributed by atoms with Crippen molar-refractivity contribution in [1.82, 2.24) is 19.7 Å². The van der Waals surface area contributed by atoms with Crippen LogP contribution < -0.4 is 0 Å². The summed E-state index contributed by atoms with van der Waals surface area (Å²) in [5.41, 5.74) is 2.01. The van der Waals surface area contributed by atoms with Gasteiger partial charge in [-0.25, -0.2) is 0 Å². The molecule has 0 N–H and O–H groups in total. The van der Waals surface area contributed by atoms with Gasteiger partial charge in [0.2, 0.25) is 11.8 Å². The van der Waals surface area contributed by atoms with Crippen molar-refractivity contribution < 1.29 is 9.59 Å². The molecule has 1 aromatic heterocycles. The normalized spacial score (nSPS) is 17.3. The van der Waals surface area contributed by atoms with Crippen molar-refractivity contribution in [2.24, 2.45) is 5.92 Å². The zero-order valence-corrected chi connectivity index (χ0v) is 15.7. The predicted molar refractivity (Wildman–Crippen MR) is 101 cm³/mol. The van der Waals surface area contributed by atoms with Crippen LogP contribution in [0.3, 0.4) is 0 Å². The summed E-state index contributed by atoms with van der Waals surface area (Å²) in [4.78, 5) is 34.8. The molecule has 1 saturated heterocycles. The van der Waals surface area contributed by atoms with Crippen LogP contribution in [-0.4, -0.2) is 72.3 Å². The number of hydrogen-bond donors (Lipinski definition) is 0. The first kappa shape index (κ1) is 18.3. The monoisotopic (exact) mass is 354 g/mol. The molecule has 0 saturated carbocycles. The van der Waals surface area contributed by atoms with Crippen molar-refractivity contribution in [1.29, 1.82) is 0 Å². The lowest BCUT2D eigenvalue weighted by Gasteiger charge is -2.22. The minimum absolute atomic E-state index is 0.0389. The Morgan fingerprint density at radius 1 is 1.27 bits per heavy atom. The Morgan fingerprint density at radius 3 is 2.85 bits per heavy atom. The van der Waals surface area contributed by atoms with Gasteiger partial charge in [-0.1, -0.05) is 12.1 Å². The highest BCUT2D eigenvalue weighted by Crippen LogP contribution is 2.21. The van der Waals surface area contributed by atoms with Gasteiger partial charge in [-0.2, -0.15) is 0 Å². The molecule has 6 heteroatoms. The Bertz CT molecular complexity index is 805. The second-order valence-corrected chi connectivity index (χ2v) is 7.27. The highest BCUT2D eigenvalue weighted by Gasteiger charge is 2.35. The standard InChI is InChI=1S/C20H26N4O2/c1-22(2)9-10-24-14-17(12-19(24)25)20(26)23(3)13-15-6-7-18-16(11-15)5-4-8-21-18/h4-8,11,17H,9-10,12-14H2,1-3H3/t17-/m1/s1. The molecular formula is C20H26N4O2. The maximum atomic E-state index is 12.8. The van der Waals surface area contributed by atoms with Crippen molar-refractivity contribution in [3.8, 4) is 0 Å². The number of likely N-dealkylation sites (tertiary alicyclic amines) is 1. The van der Waals surface area contributed by atoms with Gasteiger partial charge in [-0.15, -0.1) is 0 Å². The van der Waals surface area contributed by atoms with E-state index in [2.05, 4.69) is 11.1 Å². The van der Waals surface area contributed by atoms with Crippen LogP contribution in [0.4, 0.5) is 0 Å². The van der Waals surface area contributed by atoms with E-state index in [0.29, 0.717) is 26.1 Å². The van der Waals surface area contributed by atoms with Gasteiger partial charge in [0.05, 0.1) is 11.4 Å². The molecule has 0 radical (unpaired) electrons. The number of fused-ring (bicyclic) bond motifs is 1. The van der Waals surface area contributed by atoms with Crippen LogP contribution in [0.25, 0.3) is 10.9 Å². The first-order valence-corrected chi connectivity index (χ1v) is 8.95. The predicted octanol–water partition coefficient (Wildman–Crippen LogP) is 1.60. The summed E-state index contributed by atoms with van der Waals surface area (Å²) in [5.74, 6) is -0.121. The lowest BCUT2D eigenvalue weighted by molar-refractivity contribution is -0.135. The summed E-state index contributed by atoms with van der Waals surface area (Å²) in [6.07, 6.45) is 2.09. The Balaban J connectivity index is 1.61. The molecule has 138 valence electrons. The molecule has 2 amide bonds. The molecule has 2 heterocycles. The molecule has 0 aliphatic carbocycles. The lowest BCUT2D eigenvalue weighted by Crippen LogP contribution is -2.36. The number of benzene rings is 1. The van der Waals surface area contributed by atoms with Crippen LogP contribution in [0.5, 0.6) is 0 Å². The molecule has 1 aromatic carbocycles. The largest absolute Gasteiger partial charge is 0.341 e. The molecule has 3 rings (SSSR count). The third kappa shape index (κ3) is 4.19. The van der Waals surface area contributed by atoms with E-state index in [4.69, 9.17) is 0 Å². The molecular weight excluding hydrogens is 328 g/mol. The Labute approximate surface area is 154 Å². The average molecular weight is 354 g/mol. The summed E-state index contributed by atoms with van der Waals surface area (Å²) in [6, 6.07) is 9.97. The van der Waals surface area contributed by atoms with E-state index in [9.17, 15) is 9.59 Å². The molecule has 0 bridgehead atoms. The highest BCUT2D eigenvalue weighted by atomic mass is 16.2. The van der Waals surface area contributed by atoms with Crippen LogP contribution in [0.2, 0.25) is 0 Å². The van der Waals surface area contributed by atoms with E-state index in [1.165, 1.54) is 0 Å². The van der Waals surface area contributed by atoms with E-state index < -0.39 is 0 Å². The van der Waals surface area contributed by atoms with Crippen LogP contribution >= 0.6 is 0 Å². The Kier molecular flexibility index (Phi) is 5.52. The first-order chi connectivity index (χ1) is 12.4. The molecule has 2 aromatic rings. The smallest absolute Gasteiger partial charge is 0.228 e.